The van der Waals surface area contributed by atoms with E-state index in [1.807, 2.05) is 0 Å². The standard InChI is InChI=1S/C16H11ClFN3O4/c17-8-2-1-6(18)3-7(8)16(24)13-9(19)4-10-14(12(13)15(23)21-16)20-11(22)5-25-10/h1-4,24H,5,19H2,(H,20,22)(H,21,23). The van der Waals surface area contributed by atoms with E-state index in [1.54, 1.807) is 0 Å². The molecule has 2 aliphatic heterocycles. The molecule has 0 fully saturated rings. The van der Waals surface area contributed by atoms with Crippen molar-refractivity contribution in [1.82, 2.24) is 5.32 Å². The Morgan fingerprint density at radius 1 is 1.32 bits per heavy atom. The van der Waals surface area contributed by atoms with Gasteiger partial charge in [0.1, 0.15) is 11.6 Å². The van der Waals surface area contributed by atoms with Gasteiger partial charge in [-0.2, -0.15) is 0 Å². The zero-order valence-corrected chi connectivity index (χ0v) is 13.3. The zero-order chi connectivity index (χ0) is 17.9. The molecule has 0 spiro atoms. The summed E-state index contributed by atoms with van der Waals surface area (Å²) in [5.74, 6) is -1.59. The molecule has 1 unspecified atom stereocenters. The van der Waals surface area contributed by atoms with Crippen LogP contribution in [0.3, 0.4) is 0 Å². The van der Waals surface area contributed by atoms with Crippen LogP contribution in [-0.2, 0) is 10.5 Å². The van der Waals surface area contributed by atoms with Gasteiger partial charge in [0.2, 0.25) is 0 Å². The van der Waals surface area contributed by atoms with Crippen molar-refractivity contribution >= 4 is 34.8 Å². The summed E-state index contributed by atoms with van der Waals surface area (Å²) in [7, 11) is 0. The van der Waals surface area contributed by atoms with Gasteiger partial charge in [-0.05, 0) is 18.2 Å². The average Bonchev–Trinajstić information content (AvgIpc) is 2.83. The molecule has 25 heavy (non-hydrogen) atoms. The number of anilines is 2. The van der Waals surface area contributed by atoms with Gasteiger partial charge in [0.25, 0.3) is 11.8 Å². The van der Waals surface area contributed by atoms with Crippen LogP contribution in [0.5, 0.6) is 5.75 Å². The summed E-state index contributed by atoms with van der Waals surface area (Å²) in [6.07, 6.45) is 0. The van der Waals surface area contributed by atoms with E-state index in [9.17, 15) is 19.1 Å². The summed E-state index contributed by atoms with van der Waals surface area (Å²) < 4.78 is 18.9. The number of fused-ring (bicyclic) bond motifs is 3. The van der Waals surface area contributed by atoms with Crippen molar-refractivity contribution in [3.63, 3.8) is 0 Å². The van der Waals surface area contributed by atoms with E-state index in [-0.39, 0.29) is 45.4 Å². The smallest absolute Gasteiger partial charge is 0.262 e. The van der Waals surface area contributed by atoms with Crippen LogP contribution in [0.25, 0.3) is 0 Å². The van der Waals surface area contributed by atoms with Crippen molar-refractivity contribution in [3.05, 3.63) is 51.8 Å². The lowest BCUT2D eigenvalue weighted by Gasteiger charge is -2.27. The van der Waals surface area contributed by atoms with Crippen molar-refractivity contribution in [1.29, 1.82) is 0 Å². The number of carbonyl (C=O) groups excluding carboxylic acids is 2. The Balaban J connectivity index is 2.01. The predicted octanol–water partition coefficient (Wildman–Crippen LogP) is 1.33. The highest BCUT2D eigenvalue weighted by Gasteiger charge is 2.48. The van der Waals surface area contributed by atoms with E-state index >= 15 is 0 Å². The van der Waals surface area contributed by atoms with E-state index < -0.39 is 23.4 Å². The molecule has 9 heteroatoms. The van der Waals surface area contributed by atoms with Gasteiger partial charge >= 0.3 is 0 Å². The third-order valence-electron chi connectivity index (χ3n) is 4.15. The number of halogens is 2. The molecule has 0 saturated heterocycles. The highest BCUT2D eigenvalue weighted by Crippen LogP contribution is 2.47. The van der Waals surface area contributed by atoms with Crippen LogP contribution in [0, 0.1) is 5.82 Å². The Bertz CT molecular complexity index is 965. The van der Waals surface area contributed by atoms with E-state index in [2.05, 4.69) is 10.6 Å². The first-order chi connectivity index (χ1) is 11.8. The number of nitrogen functional groups attached to an aromatic ring is 1. The summed E-state index contributed by atoms with van der Waals surface area (Å²) in [4.78, 5) is 24.1. The molecule has 7 nitrogen and oxygen atoms in total. The first kappa shape index (κ1) is 15.7. The molecule has 2 amide bonds. The molecule has 0 aromatic heterocycles. The van der Waals surface area contributed by atoms with Crippen molar-refractivity contribution in [2.24, 2.45) is 0 Å². The molecule has 1 atom stereocenters. The predicted molar refractivity (Wildman–Crippen MR) is 86.9 cm³/mol. The number of aliphatic hydroxyl groups is 1. The van der Waals surface area contributed by atoms with Crippen molar-refractivity contribution in [3.8, 4) is 5.75 Å². The molecule has 4 rings (SSSR count). The lowest BCUT2D eigenvalue weighted by molar-refractivity contribution is -0.118. The van der Waals surface area contributed by atoms with Crippen LogP contribution >= 0.6 is 11.6 Å². The van der Waals surface area contributed by atoms with Crippen LogP contribution in [-0.4, -0.2) is 23.5 Å². The normalized spacial score (nSPS) is 21.1. The van der Waals surface area contributed by atoms with Gasteiger partial charge in [0.15, 0.2) is 12.3 Å². The van der Waals surface area contributed by atoms with E-state index in [0.717, 1.165) is 12.1 Å². The molecule has 128 valence electrons. The average molecular weight is 364 g/mol. The lowest BCUT2D eigenvalue weighted by Crippen LogP contribution is -2.40. The minimum atomic E-state index is -2.15. The maximum atomic E-state index is 13.7. The van der Waals surface area contributed by atoms with Crippen molar-refractivity contribution in [2.45, 2.75) is 5.72 Å². The molecule has 0 aliphatic carbocycles. The molecule has 2 aromatic carbocycles. The van der Waals surface area contributed by atoms with Gasteiger partial charge in [-0.3, -0.25) is 9.59 Å². The molecular formula is C16H11ClFN3O4. The van der Waals surface area contributed by atoms with Crippen LogP contribution in [0.4, 0.5) is 15.8 Å². The Morgan fingerprint density at radius 3 is 2.84 bits per heavy atom. The molecule has 2 aromatic rings. The number of hydrogen-bond donors (Lipinski definition) is 4. The monoisotopic (exact) mass is 363 g/mol. The van der Waals surface area contributed by atoms with Gasteiger partial charge in [-0.25, -0.2) is 4.39 Å². The fourth-order valence-corrected chi connectivity index (χ4v) is 3.37. The van der Waals surface area contributed by atoms with Crippen LogP contribution < -0.4 is 21.1 Å². The summed E-state index contributed by atoms with van der Waals surface area (Å²) in [5, 5.41) is 16.1. The number of rotatable bonds is 1. The number of ether oxygens (including phenoxy) is 1. The number of nitrogens with two attached hydrogens (primary N) is 1. The maximum Gasteiger partial charge on any atom is 0.262 e. The molecule has 0 bridgehead atoms. The Morgan fingerprint density at radius 2 is 2.08 bits per heavy atom. The second-order valence-corrected chi connectivity index (χ2v) is 6.12. The van der Waals surface area contributed by atoms with Crippen molar-refractivity contribution < 1.29 is 23.8 Å². The van der Waals surface area contributed by atoms with E-state index in [1.165, 1.54) is 12.1 Å². The fourth-order valence-electron chi connectivity index (χ4n) is 3.12. The number of hydrogen-bond acceptors (Lipinski definition) is 5. The summed E-state index contributed by atoms with van der Waals surface area (Å²) in [5.41, 5.74) is 3.86. The summed E-state index contributed by atoms with van der Waals surface area (Å²) in [6.45, 7) is -0.215. The van der Waals surface area contributed by atoms with Crippen LogP contribution in [0.1, 0.15) is 21.5 Å². The van der Waals surface area contributed by atoms with E-state index in [4.69, 9.17) is 22.1 Å². The van der Waals surface area contributed by atoms with Gasteiger partial charge in [0, 0.05) is 27.9 Å². The number of benzene rings is 2. The van der Waals surface area contributed by atoms with Gasteiger partial charge in [-0.1, -0.05) is 11.6 Å². The second kappa shape index (κ2) is 5.08. The molecular weight excluding hydrogens is 353 g/mol. The molecule has 0 radical (unpaired) electrons. The number of carbonyl (C=O) groups is 2. The largest absolute Gasteiger partial charge is 0.481 e. The van der Waals surface area contributed by atoms with E-state index in [0.29, 0.717) is 0 Å². The Hall–Kier alpha value is -2.84. The summed E-state index contributed by atoms with van der Waals surface area (Å²) in [6, 6.07) is 4.77. The Labute approximate surface area is 145 Å². The molecule has 5 N–H and O–H groups in total. The molecule has 0 saturated carbocycles. The highest BCUT2D eigenvalue weighted by atomic mass is 35.5. The maximum absolute atomic E-state index is 13.7. The molecule has 2 heterocycles. The zero-order valence-electron chi connectivity index (χ0n) is 12.5. The SMILES string of the molecule is Nc1cc2c(c3c1C(O)(c1cc(F)ccc1Cl)NC3=O)NC(=O)CO2. The van der Waals surface area contributed by atoms with Gasteiger partial charge in [-0.15, -0.1) is 0 Å². The van der Waals surface area contributed by atoms with Crippen LogP contribution in [0.15, 0.2) is 24.3 Å². The third kappa shape index (κ3) is 2.15. The third-order valence-corrected chi connectivity index (χ3v) is 4.48. The highest BCUT2D eigenvalue weighted by molar-refractivity contribution is 6.31. The van der Waals surface area contributed by atoms with Crippen LogP contribution in [0.2, 0.25) is 5.02 Å². The first-order valence-electron chi connectivity index (χ1n) is 7.21. The topological polar surface area (TPSA) is 114 Å². The van der Waals surface area contributed by atoms with Gasteiger partial charge < -0.3 is 26.2 Å². The van der Waals surface area contributed by atoms with Crippen molar-refractivity contribution in [2.75, 3.05) is 17.7 Å². The summed E-state index contributed by atoms with van der Waals surface area (Å²) >= 11 is 6.09. The minimum Gasteiger partial charge on any atom is -0.481 e. The number of amides is 2. The second-order valence-electron chi connectivity index (χ2n) is 5.71. The minimum absolute atomic E-state index is 0.0189. The lowest BCUT2D eigenvalue weighted by atomic mass is 9.91. The number of nitrogens with one attached hydrogen (secondary N) is 2. The quantitative estimate of drug-likeness (QED) is 0.571. The fraction of sp³-hybridized carbons (Fsp3) is 0.125. The Kier molecular flexibility index (Phi) is 3.18. The first-order valence-corrected chi connectivity index (χ1v) is 7.59. The van der Waals surface area contributed by atoms with Gasteiger partial charge in [0.05, 0.1) is 11.3 Å². The molecule has 2 aliphatic rings.